The maximum absolute atomic E-state index is 3.97. The Kier molecular flexibility index (Phi) is 1.50. The van der Waals surface area contributed by atoms with Crippen molar-refractivity contribution >= 4 is 6.34 Å². The fourth-order valence-corrected chi connectivity index (χ4v) is 0.461. The predicted molar refractivity (Wildman–Crippen MR) is 30.3 cm³/mol. The molecule has 0 unspecified atom stereocenters. The summed E-state index contributed by atoms with van der Waals surface area (Å²) >= 11 is 0. The Morgan fingerprint density at radius 1 is 1.57 bits per heavy atom. The Labute approximate surface area is 42.9 Å². The molecule has 0 aliphatic carbocycles. The molecule has 2 heteroatoms. The summed E-state index contributed by atoms with van der Waals surface area (Å²) in [6.07, 6.45) is 6.73. The lowest BCUT2D eigenvalue weighted by Crippen LogP contribution is -1.97. The Morgan fingerprint density at radius 2 is 2.57 bits per heavy atom. The van der Waals surface area contributed by atoms with Crippen LogP contribution in [0.15, 0.2) is 17.3 Å². The van der Waals surface area contributed by atoms with Crippen molar-refractivity contribution in [1.29, 1.82) is 0 Å². The molecule has 1 aliphatic heterocycles. The van der Waals surface area contributed by atoms with E-state index in [0.717, 1.165) is 13.0 Å². The Bertz CT molecular complexity index is 82.3. The zero-order valence-corrected chi connectivity index (χ0v) is 4.09. The van der Waals surface area contributed by atoms with E-state index in [1.807, 2.05) is 6.20 Å². The number of nitrogens with zero attached hydrogens (tertiary/aromatic N) is 1. The fourth-order valence-electron chi connectivity index (χ4n) is 0.461. The summed E-state index contributed by atoms with van der Waals surface area (Å²) in [5.74, 6) is 0. The Balaban J connectivity index is 2.38. The zero-order valence-electron chi connectivity index (χ0n) is 4.09. The van der Waals surface area contributed by atoms with E-state index in [-0.39, 0.29) is 0 Å². The van der Waals surface area contributed by atoms with E-state index in [1.165, 1.54) is 0 Å². The summed E-state index contributed by atoms with van der Waals surface area (Å²) < 4.78 is 0. The third kappa shape index (κ3) is 1.39. The van der Waals surface area contributed by atoms with Crippen LogP contribution in [0.3, 0.4) is 0 Å². The minimum absolute atomic E-state index is 0.920. The summed E-state index contributed by atoms with van der Waals surface area (Å²) in [5, 5.41) is 2.88. The van der Waals surface area contributed by atoms with Crippen LogP contribution in [0.1, 0.15) is 6.42 Å². The van der Waals surface area contributed by atoms with Gasteiger partial charge in [0.15, 0.2) is 0 Å². The van der Waals surface area contributed by atoms with Crippen molar-refractivity contribution in [1.82, 2.24) is 5.32 Å². The van der Waals surface area contributed by atoms with Gasteiger partial charge in [-0.1, -0.05) is 6.08 Å². The molecule has 0 radical (unpaired) electrons. The quantitative estimate of drug-likeness (QED) is 0.467. The largest absolute Gasteiger partial charge is 0.353 e. The van der Waals surface area contributed by atoms with Crippen molar-refractivity contribution in [3.8, 4) is 0 Å². The van der Waals surface area contributed by atoms with E-state index in [1.54, 1.807) is 6.34 Å². The SMILES string of the molecule is C1=CNC=NCC1. The number of aliphatic imine (C=N–C) groups is 1. The van der Waals surface area contributed by atoms with Crippen LogP contribution in [0.5, 0.6) is 0 Å². The number of hydrogen-bond donors (Lipinski definition) is 1. The molecule has 7 heavy (non-hydrogen) atoms. The standard InChI is InChI=1S/C5H8N2/c1-2-4-7-5-6-3-1/h1,3,5H,2,4H2,(H,6,7). The lowest BCUT2D eigenvalue weighted by molar-refractivity contribution is 1.02. The molecule has 1 aliphatic rings. The molecule has 0 fully saturated rings. The summed E-state index contributed by atoms with van der Waals surface area (Å²) in [4.78, 5) is 3.97. The van der Waals surface area contributed by atoms with Gasteiger partial charge in [-0.2, -0.15) is 0 Å². The zero-order chi connectivity index (χ0) is 4.95. The van der Waals surface area contributed by atoms with Crippen molar-refractivity contribution in [3.63, 3.8) is 0 Å². The molecule has 0 bridgehead atoms. The van der Waals surface area contributed by atoms with Gasteiger partial charge in [0.2, 0.25) is 0 Å². The normalized spacial score (nSPS) is 18.3. The van der Waals surface area contributed by atoms with E-state index in [0.29, 0.717) is 0 Å². The van der Waals surface area contributed by atoms with Gasteiger partial charge in [-0.3, -0.25) is 4.99 Å². The monoisotopic (exact) mass is 96.1 g/mol. The molecule has 0 aromatic carbocycles. The van der Waals surface area contributed by atoms with Gasteiger partial charge >= 0.3 is 0 Å². The van der Waals surface area contributed by atoms with Gasteiger partial charge in [0.1, 0.15) is 0 Å². The van der Waals surface area contributed by atoms with E-state index >= 15 is 0 Å². The van der Waals surface area contributed by atoms with Gasteiger partial charge in [-0.15, -0.1) is 0 Å². The van der Waals surface area contributed by atoms with Crippen LogP contribution in [0.4, 0.5) is 0 Å². The molecule has 1 N–H and O–H groups in total. The molecule has 0 saturated carbocycles. The van der Waals surface area contributed by atoms with Gasteiger partial charge in [-0.05, 0) is 12.6 Å². The number of nitrogens with one attached hydrogen (secondary N) is 1. The first-order valence-electron chi connectivity index (χ1n) is 2.39. The van der Waals surface area contributed by atoms with E-state index in [9.17, 15) is 0 Å². The van der Waals surface area contributed by atoms with Crippen LogP contribution in [0.25, 0.3) is 0 Å². The van der Waals surface area contributed by atoms with Crippen LogP contribution in [0.2, 0.25) is 0 Å². The maximum Gasteiger partial charge on any atom is 0.0863 e. The first-order chi connectivity index (χ1) is 3.50. The van der Waals surface area contributed by atoms with Gasteiger partial charge in [0, 0.05) is 6.54 Å². The number of rotatable bonds is 0. The van der Waals surface area contributed by atoms with E-state index < -0.39 is 0 Å². The average molecular weight is 96.1 g/mol. The van der Waals surface area contributed by atoms with Crippen molar-refractivity contribution < 1.29 is 0 Å². The molecule has 1 rings (SSSR count). The van der Waals surface area contributed by atoms with Crippen LogP contribution in [-0.4, -0.2) is 12.9 Å². The lowest BCUT2D eigenvalue weighted by atomic mass is 10.4. The van der Waals surface area contributed by atoms with Crippen molar-refractivity contribution in [3.05, 3.63) is 12.3 Å². The highest BCUT2D eigenvalue weighted by Gasteiger charge is 1.78. The summed E-state index contributed by atoms with van der Waals surface area (Å²) in [7, 11) is 0. The average Bonchev–Trinajstić information content (AvgIpc) is 1.90. The summed E-state index contributed by atoms with van der Waals surface area (Å²) in [5.41, 5.74) is 0. The third-order valence-corrected chi connectivity index (χ3v) is 0.805. The highest BCUT2D eigenvalue weighted by Crippen LogP contribution is 1.83. The molecule has 0 aromatic rings. The fraction of sp³-hybridized carbons (Fsp3) is 0.400. The van der Waals surface area contributed by atoms with Crippen molar-refractivity contribution in [2.24, 2.45) is 4.99 Å². The van der Waals surface area contributed by atoms with E-state index in [4.69, 9.17) is 0 Å². The molecule has 0 saturated heterocycles. The molecular weight excluding hydrogens is 88.1 g/mol. The molecule has 1 heterocycles. The summed E-state index contributed by atoms with van der Waals surface area (Å²) in [6, 6.07) is 0. The van der Waals surface area contributed by atoms with Crippen LogP contribution in [-0.2, 0) is 0 Å². The molecule has 0 amide bonds. The molecular formula is C5H8N2. The third-order valence-electron chi connectivity index (χ3n) is 0.805. The van der Waals surface area contributed by atoms with Gasteiger partial charge in [0.25, 0.3) is 0 Å². The van der Waals surface area contributed by atoms with Crippen LogP contribution in [0, 0.1) is 0 Å². The van der Waals surface area contributed by atoms with Gasteiger partial charge < -0.3 is 5.32 Å². The number of hydrogen-bond acceptors (Lipinski definition) is 2. The highest BCUT2D eigenvalue weighted by molar-refractivity contribution is 5.56. The van der Waals surface area contributed by atoms with Crippen LogP contribution >= 0.6 is 0 Å². The van der Waals surface area contributed by atoms with Crippen LogP contribution < -0.4 is 5.32 Å². The second-order valence-corrected chi connectivity index (χ2v) is 1.39. The first kappa shape index (κ1) is 4.37. The Hall–Kier alpha value is -0.790. The lowest BCUT2D eigenvalue weighted by Gasteiger charge is -1.78. The van der Waals surface area contributed by atoms with Gasteiger partial charge in [-0.25, -0.2) is 0 Å². The predicted octanol–water partition coefficient (Wildman–Crippen LogP) is 0.522. The topological polar surface area (TPSA) is 24.4 Å². The maximum atomic E-state index is 3.97. The second-order valence-electron chi connectivity index (χ2n) is 1.39. The molecule has 0 aromatic heterocycles. The molecule has 2 nitrogen and oxygen atoms in total. The van der Waals surface area contributed by atoms with E-state index in [2.05, 4.69) is 16.4 Å². The van der Waals surface area contributed by atoms with Gasteiger partial charge in [0.05, 0.1) is 6.34 Å². The summed E-state index contributed by atoms with van der Waals surface area (Å²) in [6.45, 7) is 0.920. The first-order valence-corrected chi connectivity index (χ1v) is 2.39. The minimum atomic E-state index is 0.920. The minimum Gasteiger partial charge on any atom is -0.353 e. The van der Waals surface area contributed by atoms with Crippen molar-refractivity contribution in [2.45, 2.75) is 6.42 Å². The highest BCUT2D eigenvalue weighted by atomic mass is 14.9. The second kappa shape index (κ2) is 2.39. The molecule has 38 valence electrons. The molecule has 0 atom stereocenters. The smallest absolute Gasteiger partial charge is 0.0863 e. The molecule has 0 spiro atoms. The Morgan fingerprint density at radius 3 is 3.57 bits per heavy atom. The van der Waals surface area contributed by atoms with Crippen molar-refractivity contribution in [2.75, 3.05) is 6.54 Å².